The van der Waals surface area contributed by atoms with Crippen LogP contribution in [-0.4, -0.2) is 5.78 Å². The summed E-state index contributed by atoms with van der Waals surface area (Å²) in [5.74, 6) is 1.64. The monoisotopic (exact) mass is 214 g/mol. The second-order valence-corrected chi connectivity index (χ2v) is 5.20. The minimum atomic E-state index is 0.160. The lowest BCUT2D eigenvalue weighted by molar-refractivity contribution is -0.120. The number of carbonyl (C=O) groups excluding carboxylic acids is 1. The zero-order chi connectivity index (χ0) is 11.1. The van der Waals surface area contributed by atoms with Crippen LogP contribution in [0.25, 0.3) is 0 Å². The molecule has 0 fully saturated rings. The van der Waals surface area contributed by atoms with Crippen molar-refractivity contribution < 1.29 is 4.79 Å². The van der Waals surface area contributed by atoms with Crippen molar-refractivity contribution in [3.63, 3.8) is 0 Å². The number of allylic oxidation sites excluding steroid dienone is 6. The summed E-state index contributed by atoms with van der Waals surface area (Å²) in [4.78, 5) is 11.9. The molecule has 3 aliphatic carbocycles. The summed E-state index contributed by atoms with van der Waals surface area (Å²) in [7, 11) is 0. The van der Waals surface area contributed by atoms with Crippen LogP contribution in [0.3, 0.4) is 0 Å². The molecule has 0 heterocycles. The molecular formula is C15H18O. The Bertz CT molecular complexity index is 411. The molecular weight excluding hydrogens is 196 g/mol. The Balaban J connectivity index is 2.06. The first-order valence-electron chi connectivity index (χ1n) is 6.35. The molecule has 0 amide bonds. The highest BCUT2D eigenvalue weighted by molar-refractivity contribution is 5.84. The van der Waals surface area contributed by atoms with Crippen LogP contribution in [0, 0.1) is 17.8 Å². The lowest BCUT2D eigenvalue weighted by Gasteiger charge is -2.26. The van der Waals surface area contributed by atoms with E-state index in [9.17, 15) is 4.79 Å². The van der Waals surface area contributed by atoms with Crippen LogP contribution in [-0.2, 0) is 4.79 Å². The Kier molecular flexibility index (Phi) is 2.34. The van der Waals surface area contributed by atoms with Crippen LogP contribution in [0.5, 0.6) is 0 Å². The van der Waals surface area contributed by atoms with Gasteiger partial charge in [-0.25, -0.2) is 0 Å². The van der Waals surface area contributed by atoms with Crippen LogP contribution in [0.4, 0.5) is 0 Å². The summed E-state index contributed by atoms with van der Waals surface area (Å²) < 4.78 is 0. The first-order valence-corrected chi connectivity index (χ1v) is 6.35. The Morgan fingerprint density at radius 3 is 3.00 bits per heavy atom. The van der Waals surface area contributed by atoms with Crippen LogP contribution in [0.15, 0.2) is 35.5 Å². The molecule has 0 aromatic rings. The average molecular weight is 214 g/mol. The van der Waals surface area contributed by atoms with Crippen molar-refractivity contribution >= 4 is 5.78 Å². The molecule has 84 valence electrons. The number of carbonyl (C=O) groups is 1. The van der Waals surface area contributed by atoms with Gasteiger partial charge >= 0.3 is 0 Å². The molecule has 0 saturated heterocycles. The summed E-state index contributed by atoms with van der Waals surface area (Å²) in [6.45, 7) is 1.75. The molecule has 0 aliphatic heterocycles. The highest BCUT2D eigenvalue weighted by Crippen LogP contribution is 2.50. The molecule has 0 aromatic carbocycles. The summed E-state index contributed by atoms with van der Waals surface area (Å²) in [6, 6.07) is 0. The predicted octanol–water partition coefficient (Wildman–Crippen LogP) is 3.43. The van der Waals surface area contributed by atoms with Crippen molar-refractivity contribution in [3.05, 3.63) is 35.5 Å². The smallest absolute Gasteiger partial charge is 0.137 e. The number of Topliss-reactive ketones (excluding diaryl/α,β-unsaturated/α-hetero) is 1. The average Bonchev–Trinajstić information content (AvgIpc) is 2.63. The van der Waals surface area contributed by atoms with E-state index in [-0.39, 0.29) is 5.92 Å². The zero-order valence-electron chi connectivity index (χ0n) is 9.78. The number of hydrogen-bond donors (Lipinski definition) is 0. The van der Waals surface area contributed by atoms with Gasteiger partial charge in [0.25, 0.3) is 0 Å². The van der Waals surface area contributed by atoms with Gasteiger partial charge in [0.1, 0.15) is 5.78 Å². The molecule has 1 nitrogen and oxygen atoms in total. The van der Waals surface area contributed by atoms with Gasteiger partial charge in [-0.2, -0.15) is 0 Å². The molecule has 3 rings (SSSR count). The molecule has 0 spiro atoms. The number of fused-ring (bicyclic) bond motifs is 2. The van der Waals surface area contributed by atoms with E-state index in [1.807, 2.05) is 0 Å². The highest BCUT2D eigenvalue weighted by atomic mass is 16.1. The van der Waals surface area contributed by atoms with Crippen LogP contribution in [0.2, 0.25) is 0 Å². The van der Waals surface area contributed by atoms with E-state index in [2.05, 4.69) is 24.3 Å². The van der Waals surface area contributed by atoms with E-state index in [1.165, 1.54) is 24.8 Å². The van der Waals surface area contributed by atoms with Crippen molar-refractivity contribution in [2.24, 2.45) is 17.8 Å². The number of rotatable bonds is 1. The lowest BCUT2D eigenvalue weighted by Crippen LogP contribution is -2.23. The van der Waals surface area contributed by atoms with Gasteiger partial charge in [0.05, 0.1) is 0 Å². The van der Waals surface area contributed by atoms with Gasteiger partial charge in [-0.1, -0.05) is 29.9 Å². The van der Waals surface area contributed by atoms with Crippen molar-refractivity contribution in [1.29, 1.82) is 0 Å². The topological polar surface area (TPSA) is 17.1 Å². The molecule has 0 bridgehead atoms. The largest absolute Gasteiger partial charge is 0.299 e. The molecule has 16 heavy (non-hydrogen) atoms. The third-order valence-electron chi connectivity index (χ3n) is 4.32. The Labute approximate surface area is 96.9 Å². The van der Waals surface area contributed by atoms with Gasteiger partial charge in [-0.15, -0.1) is 0 Å². The Morgan fingerprint density at radius 2 is 2.19 bits per heavy atom. The van der Waals surface area contributed by atoms with E-state index in [0.717, 1.165) is 6.42 Å². The molecule has 0 radical (unpaired) electrons. The molecule has 1 heteroatoms. The van der Waals surface area contributed by atoms with Crippen LogP contribution >= 0.6 is 0 Å². The van der Waals surface area contributed by atoms with Gasteiger partial charge in [-0.3, -0.25) is 4.79 Å². The van der Waals surface area contributed by atoms with Gasteiger partial charge in [-0.05, 0) is 50.0 Å². The Hall–Kier alpha value is -1.11. The minimum Gasteiger partial charge on any atom is -0.299 e. The number of ketones is 1. The van der Waals surface area contributed by atoms with Crippen LogP contribution in [0.1, 0.15) is 32.6 Å². The van der Waals surface area contributed by atoms with Gasteiger partial charge in [0.2, 0.25) is 0 Å². The van der Waals surface area contributed by atoms with Crippen molar-refractivity contribution in [3.8, 4) is 0 Å². The summed E-state index contributed by atoms with van der Waals surface area (Å²) in [5, 5.41) is 0. The standard InChI is InChI=1S/C15H18O/c1-10(16)15-13-8-4-2-6-11(13)12-7-3-5-9-14(12)15/h4-5,8-9,11,13,15H,2-3,6-7H2,1H3. The molecule has 3 unspecified atom stereocenters. The first-order chi connectivity index (χ1) is 7.79. The molecule has 3 aliphatic rings. The third kappa shape index (κ3) is 1.34. The fraction of sp³-hybridized carbons (Fsp3) is 0.533. The van der Waals surface area contributed by atoms with Crippen molar-refractivity contribution in [2.45, 2.75) is 32.6 Å². The van der Waals surface area contributed by atoms with E-state index < -0.39 is 0 Å². The fourth-order valence-electron chi connectivity index (χ4n) is 3.71. The molecule has 0 N–H and O–H groups in total. The SMILES string of the molecule is CC(=O)C1C2=C(CCC=C2)C2CCC=CC21. The summed E-state index contributed by atoms with van der Waals surface area (Å²) >= 11 is 0. The second kappa shape index (κ2) is 3.73. The number of hydrogen-bond acceptors (Lipinski definition) is 1. The summed E-state index contributed by atoms with van der Waals surface area (Å²) in [6.07, 6.45) is 13.8. The van der Waals surface area contributed by atoms with Gasteiger partial charge < -0.3 is 0 Å². The maximum absolute atomic E-state index is 11.9. The molecule has 0 saturated carbocycles. The van der Waals surface area contributed by atoms with Gasteiger partial charge in [0.15, 0.2) is 0 Å². The Morgan fingerprint density at radius 1 is 1.31 bits per heavy atom. The quantitative estimate of drug-likeness (QED) is 0.611. The maximum Gasteiger partial charge on any atom is 0.137 e. The van der Waals surface area contributed by atoms with Crippen molar-refractivity contribution in [1.82, 2.24) is 0 Å². The normalized spacial score (nSPS) is 36.2. The van der Waals surface area contributed by atoms with Crippen LogP contribution < -0.4 is 0 Å². The van der Waals surface area contributed by atoms with E-state index >= 15 is 0 Å². The third-order valence-corrected chi connectivity index (χ3v) is 4.32. The van der Waals surface area contributed by atoms with E-state index in [0.29, 0.717) is 17.6 Å². The second-order valence-electron chi connectivity index (χ2n) is 5.20. The lowest BCUT2D eigenvalue weighted by atomic mass is 9.78. The maximum atomic E-state index is 11.9. The first kappa shape index (κ1) is 10.1. The molecule has 0 aromatic heterocycles. The van der Waals surface area contributed by atoms with E-state index in [4.69, 9.17) is 0 Å². The fourth-order valence-corrected chi connectivity index (χ4v) is 3.71. The van der Waals surface area contributed by atoms with Gasteiger partial charge in [0, 0.05) is 5.92 Å². The van der Waals surface area contributed by atoms with E-state index in [1.54, 1.807) is 12.5 Å². The van der Waals surface area contributed by atoms with Crippen molar-refractivity contribution in [2.75, 3.05) is 0 Å². The molecule has 3 atom stereocenters. The summed E-state index contributed by atoms with van der Waals surface area (Å²) in [5.41, 5.74) is 2.96. The minimum absolute atomic E-state index is 0.160. The predicted molar refractivity (Wildman–Crippen MR) is 64.9 cm³/mol. The zero-order valence-corrected chi connectivity index (χ0v) is 9.78. The highest BCUT2D eigenvalue weighted by Gasteiger charge is 2.43.